The zero-order valence-corrected chi connectivity index (χ0v) is 15.5. The Morgan fingerprint density at radius 1 is 1.31 bits per heavy atom. The Labute approximate surface area is 152 Å². The lowest BCUT2D eigenvalue weighted by Gasteiger charge is -2.21. The van der Waals surface area contributed by atoms with Gasteiger partial charge in [-0.1, -0.05) is 0 Å². The molecule has 1 fully saturated rings. The van der Waals surface area contributed by atoms with Crippen molar-refractivity contribution in [2.24, 2.45) is 5.92 Å². The highest BCUT2D eigenvalue weighted by molar-refractivity contribution is 5.90. The van der Waals surface area contributed by atoms with Gasteiger partial charge in [-0.25, -0.2) is 0 Å². The molecule has 138 valence electrons. The Balaban J connectivity index is 1.44. The van der Waals surface area contributed by atoms with Gasteiger partial charge in [-0.2, -0.15) is 0 Å². The third kappa shape index (κ3) is 2.83. The second kappa shape index (κ2) is 6.34. The lowest BCUT2D eigenvalue weighted by atomic mass is 10.1. The lowest BCUT2D eigenvalue weighted by Crippen LogP contribution is -2.41. The summed E-state index contributed by atoms with van der Waals surface area (Å²) in [6, 6.07) is 6.26. The molecule has 0 bridgehead atoms. The number of aromatic amines is 1. The molecule has 1 aliphatic heterocycles. The molecule has 0 radical (unpaired) electrons. The van der Waals surface area contributed by atoms with E-state index in [4.69, 9.17) is 4.74 Å². The van der Waals surface area contributed by atoms with Gasteiger partial charge in [-0.05, 0) is 44.0 Å². The van der Waals surface area contributed by atoms with Crippen molar-refractivity contribution in [1.29, 1.82) is 0 Å². The summed E-state index contributed by atoms with van der Waals surface area (Å²) in [7, 11) is 1.67. The van der Waals surface area contributed by atoms with Crippen LogP contribution in [0.25, 0.3) is 10.9 Å². The van der Waals surface area contributed by atoms with Crippen LogP contribution in [-0.4, -0.2) is 47.4 Å². The molecule has 2 N–H and O–H groups in total. The number of benzene rings is 1. The second-order valence-corrected chi connectivity index (χ2v) is 7.65. The van der Waals surface area contributed by atoms with E-state index in [0.717, 1.165) is 29.5 Å². The van der Waals surface area contributed by atoms with Crippen molar-refractivity contribution in [2.75, 3.05) is 13.7 Å². The maximum atomic E-state index is 12.6. The molecule has 2 amide bonds. The minimum atomic E-state index is -0.235. The number of hydrogen-bond donors (Lipinski definition) is 2. The Kier molecular flexibility index (Phi) is 4.13. The molecule has 2 aromatic rings. The van der Waals surface area contributed by atoms with Gasteiger partial charge in [0.15, 0.2) is 0 Å². The Hall–Kier alpha value is -2.50. The molecule has 1 aromatic heterocycles. The van der Waals surface area contributed by atoms with Crippen molar-refractivity contribution in [1.82, 2.24) is 15.2 Å². The van der Waals surface area contributed by atoms with Crippen molar-refractivity contribution in [3.63, 3.8) is 0 Å². The van der Waals surface area contributed by atoms with Crippen molar-refractivity contribution in [3.8, 4) is 5.75 Å². The van der Waals surface area contributed by atoms with Crippen LogP contribution in [0.1, 0.15) is 31.5 Å². The molecule has 2 aliphatic rings. The number of nitrogens with one attached hydrogen (secondary N) is 2. The summed E-state index contributed by atoms with van der Waals surface area (Å²) in [5.41, 5.74) is 3.55. The normalized spacial score (nSPS) is 22.3. The molecule has 1 aliphatic carbocycles. The summed E-state index contributed by atoms with van der Waals surface area (Å²) >= 11 is 0. The maximum absolute atomic E-state index is 12.6. The topological polar surface area (TPSA) is 74.4 Å². The zero-order chi connectivity index (χ0) is 18.4. The molecule has 1 aromatic carbocycles. The largest absolute Gasteiger partial charge is 0.497 e. The van der Waals surface area contributed by atoms with Gasteiger partial charge in [0.2, 0.25) is 11.8 Å². The average Bonchev–Trinajstić information content (AvgIpc) is 3.26. The predicted molar refractivity (Wildman–Crippen MR) is 99.1 cm³/mol. The van der Waals surface area contributed by atoms with Crippen LogP contribution in [-0.2, 0) is 22.4 Å². The molecular formula is C20H25N3O3. The van der Waals surface area contributed by atoms with E-state index < -0.39 is 0 Å². The predicted octanol–water partition coefficient (Wildman–Crippen LogP) is 2.02. The number of aromatic nitrogens is 1. The van der Waals surface area contributed by atoms with E-state index in [9.17, 15) is 9.59 Å². The van der Waals surface area contributed by atoms with E-state index >= 15 is 0 Å². The van der Waals surface area contributed by atoms with E-state index in [1.165, 1.54) is 11.3 Å². The van der Waals surface area contributed by atoms with Gasteiger partial charge in [-0.3, -0.25) is 9.59 Å². The fourth-order valence-electron chi connectivity index (χ4n) is 4.21. The second-order valence-electron chi connectivity index (χ2n) is 7.65. The zero-order valence-electron chi connectivity index (χ0n) is 15.5. The van der Waals surface area contributed by atoms with Gasteiger partial charge >= 0.3 is 0 Å². The van der Waals surface area contributed by atoms with Gasteiger partial charge in [0, 0.05) is 48.1 Å². The molecule has 2 atom stereocenters. The Morgan fingerprint density at radius 3 is 2.81 bits per heavy atom. The van der Waals surface area contributed by atoms with Gasteiger partial charge in [0.25, 0.3) is 0 Å². The third-order valence-electron chi connectivity index (χ3n) is 5.60. The first-order valence-corrected chi connectivity index (χ1v) is 9.23. The van der Waals surface area contributed by atoms with Gasteiger partial charge in [0.05, 0.1) is 13.0 Å². The summed E-state index contributed by atoms with van der Waals surface area (Å²) in [6.07, 6.45) is 1.93. The molecule has 1 saturated heterocycles. The highest BCUT2D eigenvalue weighted by Gasteiger charge is 2.37. The van der Waals surface area contributed by atoms with Crippen molar-refractivity contribution in [2.45, 2.75) is 45.2 Å². The number of carbonyl (C=O) groups excluding carboxylic acids is 2. The van der Waals surface area contributed by atoms with Crippen LogP contribution >= 0.6 is 0 Å². The number of amides is 2. The van der Waals surface area contributed by atoms with Gasteiger partial charge in [0.1, 0.15) is 5.75 Å². The number of fused-ring (bicyclic) bond motifs is 3. The van der Waals surface area contributed by atoms with Crippen molar-refractivity contribution < 1.29 is 14.3 Å². The molecule has 2 unspecified atom stereocenters. The van der Waals surface area contributed by atoms with Crippen LogP contribution in [0.3, 0.4) is 0 Å². The molecule has 6 nitrogen and oxygen atoms in total. The van der Waals surface area contributed by atoms with Gasteiger partial charge in [-0.15, -0.1) is 0 Å². The van der Waals surface area contributed by atoms with Crippen LogP contribution in [0.2, 0.25) is 0 Å². The van der Waals surface area contributed by atoms with Crippen LogP contribution in [0, 0.1) is 5.92 Å². The lowest BCUT2D eigenvalue weighted by molar-refractivity contribution is -0.130. The summed E-state index contributed by atoms with van der Waals surface area (Å²) in [5, 5.41) is 4.32. The molecule has 0 saturated carbocycles. The molecule has 26 heavy (non-hydrogen) atoms. The number of carbonyl (C=O) groups is 2. The molecule has 2 heterocycles. The Morgan fingerprint density at radius 2 is 2.12 bits per heavy atom. The smallest absolute Gasteiger partial charge is 0.225 e. The number of H-pyrrole nitrogens is 1. The number of methoxy groups -OCH3 is 1. The number of likely N-dealkylation sites (tertiary alicyclic amines) is 1. The van der Waals surface area contributed by atoms with Gasteiger partial charge < -0.3 is 19.9 Å². The minimum Gasteiger partial charge on any atom is -0.497 e. The molecular weight excluding hydrogens is 330 g/mol. The first kappa shape index (κ1) is 16.9. The van der Waals surface area contributed by atoms with Crippen LogP contribution in [0.15, 0.2) is 18.2 Å². The highest BCUT2D eigenvalue weighted by atomic mass is 16.5. The molecule has 4 rings (SSSR count). The SMILES string of the molecule is COc1ccc2[nH]c3c(c2c1)CC(NC(=O)C1CC(=O)N(C(C)C)C1)C3. The van der Waals surface area contributed by atoms with Crippen molar-refractivity contribution in [3.05, 3.63) is 29.5 Å². The fraction of sp³-hybridized carbons (Fsp3) is 0.500. The summed E-state index contributed by atoms with van der Waals surface area (Å²) in [4.78, 5) is 29.9. The van der Waals surface area contributed by atoms with Crippen LogP contribution in [0.5, 0.6) is 5.75 Å². The standard InChI is InChI=1S/C20H25N3O3/c1-11(2)23-10-12(6-19(23)24)20(25)21-13-7-15-16-9-14(26-3)4-5-17(16)22-18(15)8-13/h4-5,9,11-13,22H,6-8,10H2,1-3H3,(H,21,25). The van der Waals surface area contributed by atoms with Crippen LogP contribution in [0.4, 0.5) is 0 Å². The van der Waals surface area contributed by atoms with E-state index in [0.29, 0.717) is 13.0 Å². The summed E-state index contributed by atoms with van der Waals surface area (Å²) in [6.45, 7) is 4.50. The fourth-order valence-corrected chi connectivity index (χ4v) is 4.21. The first-order chi connectivity index (χ1) is 12.5. The first-order valence-electron chi connectivity index (χ1n) is 9.23. The number of hydrogen-bond acceptors (Lipinski definition) is 3. The van der Waals surface area contributed by atoms with E-state index in [-0.39, 0.29) is 29.8 Å². The maximum Gasteiger partial charge on any atom is 0.225 e. The number of ether oxygens (including phenoxy) is 1. The Bertz CT molecular complexity index is 871. The van der Waals surface area contributed by atoms with Crippen molar-refractivity contribution >= 4 is 22.7 Å². The average molecular weight is 355 g/mol. The van der Waals surface area contributed by atoms with E-state index in [2.05, 4.69) is 10.3 Å². The minimum absolute atomic E-state index is 0.00135. The van der Waals surface area contributed by atoms with E-state index in [1.807, 2.05) is 32.0 Å². The third-order valence-corrected chi connectivity index (χ3v) is 5.60. The summed E-state index contributed by atoms with van der Waals surface area (Å²) < 4.78 is 5.33. The number of rotatable bonds is 4. The van der Waals surface area contributed by atoms with Crippen LogP contribution < -0.4 is 10.1 Å². The van der Waals surface area contributed by atoms with E-state index in [1.54, 1.807) is 12.0 Å². The molecule has 6 heteroatoms. The summed E-state index contributed by atoms with van der Waals surface area (Å²) in [5.74, 6) is 0.680. The number of nitrogens with zero attached hydrogens (tertiary/aromatic N) is 1. The quantitative estimate of drug-likeness (QED) is 0.881. The molecule has 0 spiro atoms. The highest BCUT2D eigenvalue weighted by Crippen LogP contribution is 2.32. The monoisotopic (exact) mass is 355 g/mol.